The number of hydrogen-bond donors (Lipinski definition) is 1. The molecule has 1 atom stereocenters. The Hall–Kier alpha value is -1.76. The van der Waals surface area contributed by atoms with Gasteiger partial charge in [-0.2, -0.15) is 0 Å². The maximum absolute atomic E-state index is 12.4. The molecule has 3 rings (SSSR count). The third-order valence-electron chi connectivity index (χ3n) is 4.48. The molecular weight excluding hydrogens is 316 g/mol. The highest BCUT2D eigenvalue weighted by Gasteiger charge is 2.35. The highest BCUT2D eigenvalue weighted by Crippen LogP contribution is 2.41. The average molecular weight is 338 g/mol. The van der Waals surface area contributed by atoms with Gasteiger partial charge in [0.15, 0.2) is 9.84 Å². The molecule has 6 nitrogen and oxygen atoms in total. The van der Waals surface area contributed by atoms with E-state index in [1.807, 2.05) is 24.3 Å². The number of methoxy groups -OCH3 is 1. The number of urea groups is 1. The quantitative estimate of drug-likeness (QED) is 0.904. The van der Waals surface area contributed by atoms with Crippen molar-refractivity contribution in [1.29, 1.82) is 0 Å². The second-order valence-electron chi connectivity index (χ2n) is 6.18. The number of carbonyl (C=O) groups is 1. The molecule has 126 valence electrons. The van der Waals surface area contributed by atoms with Gasteiger partial charge in [0.05, 0.1) is 24.7 Å². The van der Waals surface area contributed by atoms with Crippen LogP contribution in [0.1, 0.15) is 24.4 Å². The minimum absolute atomic E-state index is 0.0214. The van der Waals surface area contributed by atoms with E-state index in [4.69, 9.17) is 4.74 Å². The lowest BCUT2D eigenvalue weighted by Gasteiger charge is -2.29. The number of carbonyl (C=O) groups excluding carboxylic acids is 1. The topological polar surface area (TPSA) is 75.7 Å². The Morgan fingerprint density at radius 1 is 1.22 bits per heavy atom. The van der Waals surface area contributed by atoms with Gasteiger partial charge in [0.1, 0.15) is 5.75 Å². The first-order valence-corrected chi connectivity index (χ1v) is 9.70. The van der Waals surface area contributed by atoms with Crippen molar-refractivity contribution in [1.82, 2.24) is 10.2 Å². The molecule has 1 aliphatic carbocycles. The summed E-state index contributed by atoms with van der Waals surface area (Å²) < 4.78 is 28.1. The molecule has 1 saturated carbocycles. The molecule has 2 amide bonds. The zero-order chi connectivity index (χ0) is 16.4. The Morgan fingerprint density at radius 2 is 1.83 bits per heavy atom. The molecule has 1 saturated heterocycles. The molecule has 1 unspecified atom stereocenters. The summed E-state index contributed by atoms with van der Waals surface area (Å²) in [4.78, 5) is 14.0. The van der Waals surface area contributed by atoms with Crippen LogP contribution in [0.5, 0.6) is 5.75 Å². The number of ether oxygens (including phenoxy) is 1. The molecule has 0 spiro atoms. The van der Waals surface area contributed by atoms with Crippen LogP contribution in [0, 0.1) is 5.92 Å². The summed E-state index contributed by atoms with van der Waals surface area (Å²) >= 11 is 0. The summed E-state index contributed by atoms with van der Waals surface area (Å²) in [6.07, 6.45) is 2.21. The zero-order valence-electron chi connectivity index (χ0n) is 13.2. The monoisotopic (exact) mass is 338 g/mol. The second kappa shape index (κ2) is 6.39. The van der Waals surface area contributed by atoms with Crippen molar-refractivity contribution in [3.63, 3.8) is 0 Å². The summed E-state index contributed by atoms with van der Waals surface area (Å²) in [6, 6.07) is 7.54. The lowest BCUT2D eigenvalue weighted by atomic mass is 10.0. The predicted octanol–water partition coefficient (Wildman–Crippen LogP) is 1.59. The van der Waals surface area contributed by atoms with Crippen molar-refractivity contribution < 1.29 is 17.9 Å². The number of benzene rings is 1. The number of nitrogens with zero attached hydrogens (tertiary/aromatic N) is 1. The summed E-state index contributed by atoms with van der Waals surface area (Å²) in [7, 11) is -1.35. The standard InChI is InChI=1S/C16H22N2O4S/c1-22-14-6-4-13(5-7-14)15(12-2-3-12)17-16(19)18-8-10-23(20,21)11-9-18/h4-7,12,15H,2-3,8-11H2,1H3,(H,17,19). The third kappa shape index (κ3) is 3.96. The summed E-state index contributed by atoms with van der Waals surface area (Å²) in [5.74, 6) is 1.35. The molecule has 1 aromatic carbocycles. The van der Waals surface area contributed by atoms with Crippen LogP contribution in [0.2, 0.25) is 0 Å². The summed E-state index contributed by atoms with van der Waals surface area (Å²) in [5, 5.41) is 3.08. The lowest BCUT2D eigenvalue weighted by Crippen LogP contribution is -2.49. The molecule has 1 aliphatic heterocycles. The van der Waals surface area contributed by atoms with E-state index in [9.17, 15) is 13.2 Å². The molecule has 7 heteroatoms. The van der Waals surface area contributed by atoms with Crippen molar-refractivity contribution in [3.05, 3.63) is 29.8 Å². The van der Waals surface area contributed by atoms with E-state index < -0.39 is 9.84 Å². The van der Waals surface area contributed by atoms with Crippen molar-refractivity contribution in [2.45, 2.75) is 18.9 Å². The Morgan fingerprint density at radius 3 is 2.35 bits per heavy atom. The maximum Gasteiger partial charge on any atom is 0.317 e. The molecule has 2 aliphatic rings. The first kappa shape index (κ1) is 16.1. The molecule has 0 bridgehead atoms. The lowest BCUT2D eigenvalue weighted by molar-refractivity contribution is 0.196. The Bertz CT molecular complexity index is 654. The first-order valence-electron chi connectivity index (χ1n) is 7.88. The molecule has 2 fully saturated rings. The Balaban J connectivity index is 1.66. The van der Waals surface area contributed by atoms with E-state index in [1.54, 1.807) is 12.0 Å². The van der Waals surface area contributed by atoms with Crippen LogP contribution in [0.3, 0.4) is 0 Å². The maximum atomic E-state index is 12.4. The molecule has 1 aromatic rings. The van der Waals surface area contributed by atoms with Gasteiger partial charge < -0.3 is 15.0 Å². The fraction of sp³-hybridized carbons (Fsp3) is 0.562. The van der Waals surface area contributed by atoms with Crippen molar-refractivity contribution in [2.75, 3.05) is 31.7 Å². The van der Waals surface area contributed by atoms with Crippen molar-refractivity contribution in [3.8, 4) is 5.75 Å². The van der Waals surface area contributed by atoms with Gasteiger partial charge in [0, 0.05) is 13.1 Å². The molecule has 1 heterocycles. The van der Waals surface area contributed by atoms with E-state index in [-0.39, 0.29) is 36.7 Å². The van der Waals surface area contributed by atoms with Crippen LogP contribution in [-0.4, -0.2) is 51.1 Å². The summed E-state index contributed by atoms with van der Waals surface area (Å²) in [6.45, 7) is 0.544. The largest absolute Gasteiger partial charge is 0.497 e. The van der Waals surface area contributed by atoms with Gasteiger partial charge in [-0.1, -0.05) is 12.1 Å². The van der Waals surface area contributed by atoms with Gasteiger partial charge in [-0.15, -0.1) is 0 Å². The van der Waals surface area contributed by atoms with Gasteiger partial charge >= 0.3 is 6.03 Å². The van der Waals surface area contributed by atoms with E-state index in [0.29, 0.717) is 5.92 Å². The first-order chi connectivity index (χ1) is 11.0. The molecule has 0 aromatic heterocycles. The third-order valence-corrected chi connectivity index (χ3v) is 6.09. The predicted molar refractivity (Wildman–Crippen MR) is 87.2 cm³/mol. The van der Waals surface area contributed by atoms with Gasteiger partial charge in [0.2, 0.25) is 0 Å². The SMILES string of the molecule is COc1ccc(C(NC(=O)N2CCS(=O)(=O)CC2)C2CC2)cc1. The van der Waals surface area contributed by atoms with E-state index in [2.05, 4.69) is 5.32 Å². The van der Waals surface area contributed by atoms with E-state index in [1.165, 1.54) is 0 Å². The minimum Gasteiger partial charge on any atom is -0.497 e. The van der Waals surface area contributed by atoms with Crippen LogP contribution < -0.4 is 10.1 Å². The van der Waals surface area contributed by atoms with Crippen LogP contribution in [0.25, 0.3) is 0 Å². The van der Waals surface area contributed by atoms with Crippen LogP contribution in [0.4, 0.5) is 4.79 Å². The van der Waals surface area contributed by atoms with Crippen molar-refractivity contribution >= 4 is 15.9 Å². The van der Waals surface area contributed by atoms with Gasteiger partial charge in [0.25, 0.3) is 0 Å². The molecule has 1 N–H and O–H groups in total. The molecular formula is C16H22N2O4S. The minimum atomic E-state index is -2.98. The van der Waals surface area contributed by atoms with Crippen LogP contribution in [0.15, 0.2) is 24.3 Å². The Labute approximate surface area is 136 Å². The molecule has 0 radical (unpaired) electrons. The van der Waals surface area contributed by atoms with Gasteiger partial charge in [-0.05, 0) is 36.5 Å². The highest BCUT2D eigenvalue weighted by molar-refractivity contribution is 7.91. The van der Waals surface area contributed by atoms with Gasteiger partial charge in [-0.25, -0.2) is 13.2 Å². The number of hydrogen-bond acceptors (Lipinski definition) is 4. The molecule has 23 heavy (non-hydrogen) atoms. The highest BCUT2D eigenvalue weighted by atomic mass is 32.2. The zero-order valence-corrected chi connectivity index (χ0v) is 14.0. The second-order valence-corrected chi connectivity index (χ2v) is 8.48. The fourth-order valence-corrected chi connectivity index (χ4v) is 4.06. The normalized spacial score (nSPS) is 21.5. The summed E-state index contributed by atoms with van der Waals surface area (Å²) in [5.41, 5.74) is 1.06. The number of nitrogens with one attached hydrogen (secondary N) is 1. The number of amides is 2. The average Bonchev–Trinajstić information content (AvgIpc) is 3.37. The number of rotatable bonds is 4. The van der Waals surface area contributed by atoms with Crippen LogP contribution >= 0.6 is 0 Å². The van der Waals surface area contributed by atoms with E-state index >= 15 is 0 Å². The van der Waals surface area contributed by atoms with Crippen molar-refractivity contribution in [2.24, 2.45) is 5.92 Å². The van der Waals surface area contributed by atoms with E-state index in [0.717, 1.165) is 24.2 Å². The fourth-order valence-electron chi connectivity index (χ4n) is 2.85. The van der Waals surface area contributed by atoms with Gasteiger partial charge in [-0.3, -0.25) is 0 Å². The number of sulfone groups is 1. The smallest absolute Gasteiger partial charge is 0.317 e. The Kier molecular flexibility index (Phi) is 4.48. The van der Waals surface area contributed by atoms with Crippen LogP contribution in [-0.2, 0) is 9.84 Å².